The van der Waals surface area contributed by atoms with Gasteiger partial charge in [-0.05, 0) is 25.8 Å². The highest BCUT2D eigenvalue weighted by molar-refractivity contribution is 5.85. The smallest absolute Gasteiger partial charge is 0.305 e. The van der Waals surface area contributed by atoms with Crippen LogP contribution in [-0.4, -0.2) is 25.7 Å². The highest BCUT2D eigenvalue weighted by Gasteiger charge is 2.13. The molecule has 1 N–H and O–H groups in total. The largest absolute Gasteiger partial charge is 0.469 e. The Hall–Kier alpha value is -0.280. The Bertz CT molecular complexity index is 147. The van der Waals surface area contributed by atoms with Crippen LogP contribution in [0.1, 0.15) is 32.1 Å². The maximum absolute atomic E-state index is 10.8. The van der Waals surface area contributed by atoms with Gasteiger partial charge in [0.25, 0.3) is 0 Å². The minimum atomic E-state index is -0.0950. The first-order chi connectivity index (χ1) is 5.83. The van der Waals surface area contributed by atoms with Crippen LogP contribution in [0.4, 0.5) is 0 Å². The lowest BCUT2D eigenvalue weighted by Crippen LogP contribution is -2.34. The maximum Gasteiger partial charge on any atom is 0.305 e. The lowest BCUT2D eigenvalue weighted by atomic mass is 10.0. The van der Waals surface area contributed by atoms with Crippen molar-refractivity contribution in [1.29, 1.82) is 0 Å². The van der Waals surface area contributed by atoms with Crippen LogP contribution in [0.15, 0.2) is 0 Å². The summed E-state index contributed by atoms with van der Waals surface area (Å²) in [7, 11) is 1.44. The van der Waals surface area contributed by atoms with Crippen LogP contribution in [-0.2, 0) is 9.53 Å². The second-order valence-corrected chi connectivity index (χ2v) is 3.26. The van der Waals surface area contributed by atoms with E-state index in [9.17, 15) is 4.79 Å². The predicted octanol–water partition coefficient (Wildman–Crippen LogP) is 1.50. The Morgan fingerprint density at radius 1 is 1.54 bits per heavy atom. The fourth-order valence-electron chi connectivity index (χ4n) is 1.56. The number of hydrogen-bond acceptors (Lipinski definition) is 3. The van der Waals surface area contributed by atoms with Gasteiger partial charge in [-0.2, -0.15) is 0 Å². The van der Waals surface area contributed by atoms with Crippen LogP contribution < -0.4 is 5.32 Å². The van der Waals surface area contributed by atoms with E-state index in [1.807, 2.05) is 0 Å². The summed E-state index contributed by atoms with van der Waals surface area (Å²) in [5, 5.41) is 3.39. The molecule has 0 amide bonds. The standard InChI is InChI=1S/C9H17NO2.ClH/c1-12-9(11)6-5-8-4-2-3-7-10-8;/h8,10H,2-7H2,1H3;1H. The van der Waals surface area contributed by atoms with E-state index in [-0.39, 0.29) is 18.4 Å². The van der Waals surface area contributed by atoms with Crippen molar-refractivity contribution < 1.29 is 9.53 Å². The van der Waals surface area contributed by atoms with Gasteiger partial charge < -0.3 is 10.1 Å². The van der Waals surface area contributed by atoms with Gasteiger partial charge in [0.1, 0.15) is 0 Å². The molecule has 0 saturated carbocycles. The second kappa shape index (κ2) is 7.15. The number of halogens is 1. The first kappa shape index (κ1) is 12.7. The average Bonchev–Trinajstić information content (AvgIpc) is 2.16. The molecule has 0 aliphatic carbocycles. The number of rotatable bonds is 3. The summed E-state index contributed by atoms with van der Waals surface area (Å²) >= 11 is 0. The van der Waals surface area contributed by atoms with Gasteiger partial charge in [-0.3, -0.25) is 4.79 Å². The van der Waals surface area contributed by atoms with E-state index in [1.165, 1.54) is 26.4 Å². The molecule has 13 heavy (non-hydrogen) atoms. The van der Waals surface area contributed by atoms with Crippen LogP contribution in [0.2, 0.25) is 0 Å². The van der Waals surface area contributed by atoms with E-state index in [4.69, 9.17) is 0 Å². The van der Waals surface area contributed by atoms with Gasteiger partial charge in [0.2, 0.25) is 0 Å². The quantitative estimate of drug-likeness (QED) is 0.713. The van der Waals surface area contributed by atoms with Gasteiger partial charge in [-0.1, -0.05) is 6.42 Å². The van der Waals surface area contributed by atoms with Crippen molar-refractivity contribution in [1.82, 2.24) is 5.32 Å². The lowest BCUT2D eigenvalue weighted by Gasteiger charge is -2.22. The fraction of sp³-hybridized carbons (Fsp3) is 0.889. The summed E-state index contributed by atoms with van der Waals surface area (Å²) in [6.45, 7) is 1.10. The number of ether oxygens (including phenoxy) is 1. The van der Waals surface area contributed by atoms with Gasteiger partial charge in [0.05, 0.1) is 7.11 Å². The van der Waals surface area contributed by atoms with E-state index in [0.717, 1.165) is 13.0 Å². The van der Waals surface area contributed by atoms with Crippen molar-refractivity contribution in [2.45, 2.75) is 38.1 Å². The summed E-state index contributed by atoms with van der Waals surface area (Å²) in [4.78, 5) is 10.8. The number of carbonyl (C=O) groups excluding carboxylic acids is 1. The molecule has 3 nitrogen and oxygen atoms in total. The van der Waals surface area contributed by atoms with Gasteiger partial charge in [0.15, 0.2) is 0 Å². The first-order valence-corrected chi connectivity index (χ1v) is 4.63. The van der Waals surface area contributed by atoms with E-state index in [0.29, 0.717) is 12.5 Å². The van der Waals surface area contributed by atoms with Crippen LogP contribution in [0.3, 0.4) is 0 Å². The SMILES string of the molecule is COC(=O)CCC1CCCCN1.Cl. The minimum Gasteiger partial charge on any atom is -0.469 e. The first-order valence-electron chi connectivity index (χ1n) is 4.63. The molecule has 1 atom stereocenters. The third-order valence-corrected chi connectivity index (χ3v) is 2.34. The molecule has 1 aliphatic heterocycles. The van der Waals surface area contributed by atoms with Crippen molar-refractivity contribution in [2.75, 3.05) is 13.7 Å². The van der Waals surface area contributed by atoms with Gasteiger partial charge in [-0.15, -0.1) is 12.4 Å². The van der Waals surface area contributed by atoms with E-state index in [2.05, 4.69) is 10.1 Å². The summed E-state index contributed by atoms with van der Waals surface area (Å²) in [6.07, 6.45) is 5.24. The third-order valence-electron chi connectivity index (χ3n) is 2.34. The van der Waals surface area contributed by atoms with Gasteiger partial charge in [0, 0.05) is 12.5 Å². The Kier molecular flexibility index (Phi) is 7.00. The van der Waals surface area contributed by atoms with E-state index < -0.39 is 0 Å². The number of piperidine rings is 1. The third kappa shape index (κ3) is 5.11. The highest BCUT2D eigenvalue weighted by Crippen LogP contribution is 2.11. The topological polar surface area (TPSA) is 38.3 Å². The normalized spacial score (nSPS) is 21.8. The average molecular weight is 208 g/mol. The number of hydrogen-bond donors (Lipinski definition) is 1. The number of nitrogens with one attached hydrogen (secondary N) is 1. The minimum absolute atomic E-state index is 0. The summed E-state index contributed by atoms with van der Waals surface area (Å²) in [5.41, 5.74) is 0. The van der Waals surface area contributed by atoms with Crippen molar-refractivity contribution in [3.8, 4) is 0 Å². The molecule has 1 rings (SSSR count). The monoisotopic (exact) mass is 207 g/mol. The summed E-state index contributed by atoms with van der Waals surface area (Å²) in [6, 6.07) is 0.540. The molecule has 1 unspecified atom stereocenters. The second-order valence-electron chi connectivity index (χ2n) is 3.26. The Labute approximate surface area is 85.6 Å². The summed E-state index contributed by atoms with van der Waals surface area (Å²) < 4.78 is 4.57. The molecule has 0 aromatic carbocycles. The zero-order valence-corrected chi connectivity index (χ0v) is 8.86. The van der Waals surface area contributed by atoms with Crippen LogP contribution in [0, 0.1) is 0 Å². The molecule has 0 aromatic heterocycles. The summed E-state index contributed by atoms with van der Waals surface area (Å²) in [5.74, 6) is -0.0950. The zero-order valence-electron chi connectivity index (χ0n) is 8.04. The van der Waals surface area contributed by atoms with Crippen LogP contribution in [0.25, 0.3) is 0 Å². The Balaban J connectivity index is 0.00000144. The molecule has 0 bridgehead atoms. The van der Waals surface area contributed by atoms with Gasteiger partial charge in [-0.25, -0.2) is 0 Å². The highest BCUT2D eigenvalue weighted by atomic mass is 35.5. The molecule has 1 saturated heterocycles. The molecule has 4 heteroatoms. The molecule has 1 heterocycles. The number of esters is 1. The molecular weight excluding hydrogens is 190 g/mol. The Morgan fingerprint density at radius 2 is 2.31 bits per heavy atom. The van der Waals surface area contributed by atoms with Crippen molar-refractivity contribution in [3.05, 3.63) is 0 Å². The van der Waals surface area contributed by atoms with Crippen LogP contribution >= 0.6 is 12.4 Å². The zero-order chi connectivity index (χ0) is 8.81. The lowest BCUT2D eigenvalue weighted by molar-refractivity contribution is -0.140. The molecule has 1 aliphatic rings. The number of methoxy groups -OCH3 is 1. The molecular formula is C9H18ClNO2. The van der Waals surface area contributed by atoms with E-state index >= 15 is 0 Å². The maximum atomic E-state index is 10.8. The Morgan fingerprint density at radius 3 is 2.85 bits per heavy atom. The molecule has 0 radical (unpaired) electrons. The van der Waals surface area contributed by atoms with Crippen molar-refractivity contribution >= 4 is 18.4 Å². The van der Waals surface area contributed by atoms with E-state index in [1.54, 1.807) is 0 Å². The van der Waals surface area contributed by atoms with Crippen LogP contribution in [0.5, 0.6) is 0 Å². The molecule has 78 valence electrons. The van der Waals surface area contributed by atoms with Crippen molar-refractivity contribution in [3.63, 3.8) is 0 Å². The van der Waals surface area contributed by atoms with Gasteiger partial charge >= 0.3 is 5.97 Å². The molecule has 1 fully saturated rings. The molecule has 0 aromatic rings. The predicted molar refractivity (Wildman–Crippen MR) is 54.1 cm³/mol. The molecule has 0 spiro atoms. The van der Waals surface area contributed by atoms with Crippen molar-refractivity contribution in [2.24, 2.45) is 0 Å². The number of carbonyl (C=O) groups is 1. The fourth-order valence-corrected chi connectivity index (χ4v) is 1.56.